The number of rotatable bonds is 7. The molecule has 0 saturated carbocycles. The number of hydrogen-bond donors (Lipinski definition) is 0. The molecule has 5 heteroatoms. The quantitative estimate of drug-likeness (QED) is 0.150. The number of pyridine rings is 1. The first-order chi connectivity index (χ1) is 31.1. The molecule has 5 nitrogen and oxygen atoms in total. The standard InChI is InChI=1S/C60H57N4O/c1-58(2,3)43-30-31-61-56(36-43)64-53-29-26-42(40-18-12-10-13-19-40)32-52(53)51-28-27-49(38-55(51)64)65-48-23-16-22-46(37-48)62-39-63(47-34-44(59(4,5)6)33-45(35-47)60(7,8)9)57-50(24-17-25-54(57)62)41-20-14-11-15-21-41/h10-39H,1-9H3/q+1. The number of ether oxygens (including phenoxy) is 1. The van der Waals surface area contributed by atoms with Crippen LogP contribution in [0.15, 0.2) is 182 Å². The summed E-state index contributed by atoms with van der Waals surface area (Å²) in [5.41, 5.74) is 15.0. The van der Waals surface area contributed by atoms with E-state index in [1.165, 1.54) is 44.3 Å². The predicted molar refractivity (Wildman–Crippen MR) is 270 cm³/mol. The van der Waals surface area contributed by atoms with Crippen molar-refractivity contribution < 1.29 is 9.30 Å². The van der Waals surface area contributed by atoms with Crippen LogP contribution in [0.25, 0.3) is 72.3 Å². The fraction of sp³-hybridized carbons (Fsp3) is 0.200. The number of hydrogen-bond acceptors (Lipinski definition) is 2. The zero-order chi connectivity index (χ0) is 45.3. The van der Waals surface area contributed by atoms with Gasteiger partial charge in [-0.3, -0.25) is 4.57 Å². The molecule has 0 bridgehead atoms. The lowest BCUT2D eigenvalue weighted by atomic mass is 9.80. The average Bonchev–Trinajstić information content (AvgIpc) is 3.85. The number of benzene rings is 7. The number of aromatic nitrogens is 4. The van der Waals surface area contributed by atoms with Gasteiger partial charge in [0, 0.05) is 34.7 Å². The Morgan fingerprint density at radius 1 is 0.462 bits per heavy atom. The first kappa shape index (κ1) is 41.8. The second kappa shape index (κ2) is 15.8. The maximum absolute atomic E-state index is 6.86. The summed E-state index contributed by atoms with van der Waals surface area (Å²) in [4.78, 5) is 4.96. The molecule has 0 amide bonds. The van der Waals surface area contributed by atoms with Crippen molar-refractivity contribution in [3.63, 3.8) is 0 Å². The summed E-state index contributed by atoms with van der Waals surface area (Å²) in [6.45, 7) is 20.5. The molecule has 0 aliphatic heterocycles. The zero-order valence-electron chi connectivity index (χ0n) is 39.0. The van der Waals surface area contributed by atoms with Gasteiger partial charge in [0.25, 0.3) is 6.33 Å². The Bertz CT molecular complexity index is 3360. The van der Waals surface area contributed by atoms with Crippen LogP contribution in [0.2, 0.25) is 0 Å². The summed E-state index contributed by atoms with van der Waals surface area (Å²) in [5, 5.41) is 2.31. The van der Waals surface area contributed by atoms with Crippen molar-refractivity contribution in [2.45, 2.75) is 78.6 Å². The Morgan fingerprint density at radius 3 is 1.82 bits per heavy atom. The highest BCUT2D eigenvalue weighted by molar-refractivity contribution is 6.10. The normalized spacial score (nSPS) is 12.4. The molecule has 0 radical (unpaired) electrons. The molecule has 0 saturated heterocycles. The van der Waals surface area contributed by atoms with Gasteiger partial charge in [-0.05, 0) is 122 Å². The molecule has 0 N–H and O–H groups in total. The van der Waals surface area contributed by atoms with Crippen LogP contribution in [-0.4, -0.2) is 14.1 Å². The number of imidazole rings is 1. The highest BCUT2D eigenvalue weighted by atomic mass is 16.5. The number of fused-ring (bicyclic) bond motifs is 4. The molecule has 0 fully saturated rings. The highest BCUT2D eigenvalue weighted by Gasteiger charge is 2.27. The zero-order valence-corrected chi connectivity index (χ0v) is 39.0. The second-order valence-corrected chi connectivity index (χ2v) is 20.5. The Morgan fingerprint density at radius 2 is 1.12 bits per heavy atom. The summed E-state index contributed by atoms with van der Waals surface area (Å²) < 4.78 is 13.8. The highest BCUT2D eigenvalue weighted by Crippen LogP contribution is 2.39. The Hall–Kier alpha value is -7.24. The average molecular weight is 850 g/mol. The van der Waals surface area contributed by atoms with E-state index >= 15 is 0 Å². The van der Waals surface area contributed by atoms with Gasteiger partial charge in [0.15, 0.2) is 11.0 Å². The lowest BCUT2D eigenvalue weighted by molar-refractivity contribution is -0.567. The molecular weight excluding hydrogens is 793 g/mol. The van der Waals surface area contributed by atoms with Crippen LogP contribution in [-0.2, 0) is 16.2 Å². The molecule has 10 rings (SSSR count). The Kier molecular flexibility index (Phi) is 10.1. The molecule has 3 aromatic heterocycles. The van der Waals surface area contributed by atoms with Crippen molar-refractivity contribution in [3.05, 3.63) is 199 Å². The van der Waals surface area contributed by atoms with Crippen molar-refractivity contribution in [1.29, 1.82) is 0 Å². The molecule has 0 aliphatic carbocycles. The van der Waals surface area contributed by atoms with E-state index < -0.39 is 0 Å². The van der Waals surface area contributed by atoms with E-state index in [0.29, 0.717) is 0 Å². The van der Waals surface area contributed by atoms with Crippen molar-refractivity contribution in [2.24, 2.45) is 0 Å². The second-order valence-electron chi connectivity index (χ2n) is 20.5. The molecule has 7 aromatic carbocycles. The van der Waals surface area contributed by atoms with Crippen LogP contribution in [0, 0.1) is 0 Å². The van der Waals surface area contributed by atoms with Crippen LogP contribution in [0.3, 0.4) is 0 Å². The lowest BCUT2D eigenvalue weighted by Gasteiger charge is -2.25. The van der Waals surface area contributed by atoms with Crippen LogP contribution >= 0.6 is 0 Å². The van der Waals surface area contributed by atoms with E-state index in [0.717, 1.165) is 56.1 Å². The van der Waals surface area contributed by atoms with E-state index in [-0.39, 0.29) is 16.2 Å². The third-order valence-corrected chi connectivity index (χ3v) is 12.8. The number of para-hydroxylation sites is 1. The maximum atomic E-state index is 6.86. The van der Waals surface area contributed by atoms with Crippen molar-refractivity contribution >= 4 is 32.8 Å². The van der Waals surface area contributed by atoms with Crippen molar-refractivity contribution in [2.75, 3.05) is 0 Å². The largest absolute Gasteiger partial charge is 0.457 e. The van der Waals surface area contributed by atoms with Gasteiger partial charge in [-0.15, -0.1) is 0 Å². The van der Waals surface area contributed by atoms with E-state index in [4.69, 9.17) is 9.72 Å². The molecular formula is C60H57N4O+. The lowest BCUT2D eigenvalue weighted by Crippen LogP contribution is -2.31. The fourth-order valence-electron chi connectivity index (χ4n) is 9.04. The molecule has 0 spiro atoms. The van der Waals surface area contributed by atoms with E-state index in [1.807, 2.05) is 12.3 Å². The van der Waals surface area contributed by atoms with Crippen LogP contribution < -0.4 is 9.30 Å². The third-order valence-electron chi connectivity index (χ3n) is 12.8. The summed E-state index contributed by atoms with van der Waals surface area (Å²) in [6.07, 6.45) is 4.18. The van der Waals surface area contributed by atoms with Gasteiger partial charge in [-0.2, -0.15) is 9.13 Å². The number of nitrogens with zero attached hydrogens (tertiary/aromatic N) is 4. The van der Waals surface area contributed by atoms with Gasteiger partial charge >= 0.3 is 0 Å². The molecule has 0 unspecified atom stereocenters. The molecule has 10 aromatic rings. The Labute approximate surface area is 383 Å². The van der Waals surface area contributed by atoms with Crippen LogP contribution in [0.5, 0.6) is 11.5 Å². The molecule has 0 aliphatic rings. The van der Waals surface area contributed by atoms with E-state index in [2.05, 4.69) is 246 Å². The van der Waals surface area contributed by atoms with Gasteiger partial charge in [-0.1, -0.05) is 147 Å². The summed E-state index contributed by atoms with van der Waals surface area (Å²) in [7, 11) is 0. The first-order valence-corrected chi connectivity index (χ1v) is 22.8. The molecule has 0 atom stereocenters. The van der Waals surface area contributed by atoms with Gasteiger partial charge in [0.2, 0.25) is 0 Å². The fourth-order valence-corrected chi connectivity index (χ4v) is 9.04. The topological polar surface area (TPSA) is 35.9 Å². The Balaban J connectivity index is 1.11. The molecule has 65 heavy (non-hydrogen) atoms. The monoisotopic (exact) mass is 849 g/mol. The molecule has 3 heterocycles. The van der Waals surface area contributed by atoms with Crippen molar-refractivity contribution in [1.82, 2.24) is 14.1 Å². The van der Waals surface area contributed by atoms with Crippen molar-refractivity contribution in [3.8, 4) is 50.9 Å². The van der Waals surface area contributed by atoms with Crippen LogP contribution in [0.1, 0.15) is 79.0 Å². The SMILES string of the molecule is CC(C)(C)c1cc(-[n+]2cn(-c3cccc(Oc4ccc5c6cc(-c7ccccc7)ccc6n(-c6cc(C(C)(C)C)ccn6)c5c4)c3)c3cccc(-c4ccccc4)c32)cc(C(C)(C)C)c1. The predicted octanol–water partition coefficient (Wildman–Crippen LogP) is 15.4. The van der Waals surface area contributed by atoms with Gasteiger partial charge in [-0.25, -0.2) is 4.98 Å². The van der Waals surface area contributed by atoms with Crippen LogP contribution in [0.4, 0.5) is 0 Å². The third kappa shape index (κ3) is 7.90. The summed E-state index contributed by atoms with van der Waals surface area (Å²) >= 11 is 0. The minimum atomic E-state index is -0.0323. The first-order valence-electron chi connectivity index (χ1n) is 22.8. The smallest absolute Gasteiger partial charge is 0.255 e. The van der Waals surface area contributed by atoms with Gasteiger partial charge in [0.1, 0.15) is 28.7 Å². The molecule has 322 valence electrons. The maximum Gasteiger partial charge on any atom is 0.255 e. The van der Waals surface area contributed by atoms with Gasteiger partial charge in [0.05, 0.1) is 11.0 Å². The van der Waals surface area contributed by atoms with E-state index in [1.54, 1.807) is 0 Å². The van der Waals surface area contributed by atoms with Gasteiger partial charge < -0.3 is 4.74 Å². The minimum absolute atomic E-state index is 0.0294. The minimum Gasteiger partial charge on any atom is -0.457 e. The summed E-state index contributed by atoms with van der Waals surface area (Å²) in [6, 6.07) is 61.0. The van der Waals surface area contributed by atoms with E-state index in [9.17, 15) is 0 Å². The summed E-state index contributed by atoms with van der Waals surface area (Å²) in [5.74, 6) is 2.39.